The zero-order valence-corrected chi connectivity index (χ0v) is 11.2. The minimum atomic E-state index is -0.499. The van der Waals surface area contributed by atoms with Crippen LogP contribution in [-0.2, 0) is 0 Å². The van der Waals surface area contributed by atoms with Crippen LogP contribution in [-0.4, -0.2) is 37.0 Å². The number of hydrogen-bond donors (Lipinski definition) is 0. The summed E-state index contributed by atoms with van der Waals surface area (Å²) in [4.78, 5) is 10.3. The normalized spacial score (nSPS) is 12.0. The summed E-state index contributed by atoms with van der Waals surface area (Å²) >= 11 is 0. The van der Waals surface area contributed by atoms with E-state index < -0.39 is 8.81 Å². The summed E-state index contributed by atoms with van der Waals surface area (Å²) < 4.78 is 0. The maximum Gasteiger partial charge on any atom is 0.0532 e. The molecule has 0 aromatic rings. The van der Waals surface area contributed by atoms with Gasteiger partial charge in [0, 0.05) is 6.16 Å². The second-order valence-electron chi connectivity index (χ2n) is 2.37. The highest BCUT2D eigenvalue weighted by atomic mass is 31.1. The molecule has 0 saturated heterocycles. The maximum absolute atomic E-state index is 10.3. The van der Waals surface area contributed by atoms with Gasteiger partial charge in [0.1, 0.15) is 0 Å². The highest BCUT2D eigenvalue weighted by Gasteiger charge is 2.04. The molecule has 0 fully saturated rings. The average molecular weight is 230 g/mol. The van der Waals surface area contributed by atoms with Crippen molar-refractivity contribution in [1.82, 2.24) is 0 Å². The van der Waals surface area contributed by atoms with Crippen LogP contribution in [0.25, 0.3) is 0 Å². The summed E-state index contributed by atoms with van der Waals surface area (Å²) in [5.41, 5.74) is 0. The SMILES string of the molecule is [O-][PH2+]CCP(CCP)CCP. The van der Waals surface area contributed by atoms with Crippen LogP contribution in [0, 0.1) is 0 Å². The average Bonchev–Trinajstić information content (AvgIpc) is 2.01. The summed E-state index contributed by atoms with van der Waals surface area (Å²) in [5.74, 6) is 0. The minimum Gasteiger partial charge on any atom is -0.683 e. The topological polar surface area (TPSA) is 23.1 Å². The molecule has 0 bridgehead atoms. The molecule has 0 aromatic heterocycles. The van der Waals surface area contributed by atoms with E-state index in [1.54, 1.807) is 0 Å². The van der Waals surface area contributed by atoms with E-state index in [9.17, 15) is 4.89 Å². The van der Waals surface area contributed by atoms with Gasteiger partial charge >= 0.3 is 0 Å². The molecule has 5 heteroatoms. The predicted molar refractivity (Wildman–Crippen MR) is 65.3 cm³/mol. The zero-order valence-electron chi connectivity index (χ0n) is 6.83. The van der Waals surface area contributed by atoms with Crippen molar-refractivity contribution in [2.45, 2.75) is 0 Å². The number of rotatable bonds is 7. The largest absolute Gasteiger partial charge is 0.683 e. The Balaban J connectivity index is 3.34. The lowest BCUT2D eigenvalue weighted by atomic mass is 10.9. The Morgan fingerprint density at radius 3 is 2.00 bits per heavy atom. The van der Waals surface area contributed by atoms with Crippen LogP contribution in [0.3, 0.4) is 0 Å². The maximum atomic E-state index is 10.3. The third kappa shape index (κ3) is 8.02. The highest BCUT2D eigenvalue weighted by Crippen LogP contribution is 2.36. The molecule has 0 rings (SSSR count). The quantitative estimate of drug-likeness (QED) is 0.596. The van der Waals surface area contributed by atoms with E-state index in [1.165, 1.54) is 30.8 Å². The van der Waals surface area contributed by atoms with Gasteiger partial charge in [-0.1, -0.05) is 8.81 Å². The van der Waals surface area contributed by atoms with Crippen LogP contribution < -0.4 is 4.89 Å². The Labute approximate surface area is 77.5 Å². The first kappa shape index (κ1) is 12.7. The molecule has 0 spiro atoms. The first-order valence-corrected chi connectivity index (χ1v) is 8.73. The molecule has 11 heavy (non-hydrogen) atoms. The minimum absolute atomic E-state index is 0.212. The van der Waals surface area contributed by atoms with Crippen LogP contribution in [0.5, 0.6) is 0 Å². The van der Waals surface area contributed by atoms with Crippen molar-refractivity contribution >= 4 is 35.2 Å². The highest BCUT2D eigenvalue weighted by molar-refractivity contribution is 7.59. The third-order valence-electron chi connectivity index (χ3n) is 1.45. The molecule has 0 aliphatic heterocycles. The van der Waals surface area contributed by atoms with Gasteiger partial charge in [-0.25, -0.2) is 0 Å². The molecule has 3 unspecified atom stereocenters. The lowest BCUT2D eigenvalue weighted by Gasteiger charge is -2.14. The lowest BCUT2D eigenvalue weighted by molar-refractivity contribution is -0.150. The summed E-state index contributed by atoms with van der Waals surface area (Å²) in [5, 5.41) is 0. The van der Waals surface area contributed by atoms with E-state index in [2.05, 4.69) is 18.5 Å². The first-order valence-electron chi connectivity index (χ1n) is 3.91. The lowest BCUT2D eigenvalue weighted by Crippen LogP contribution is -2.00. The van der Waals surface area contributed by atoms with E-state index in [-0.39, 0.29) is 7.92 Å². The molecule has 0 aromatic carbocycles. The summed E-state index contributed by atoms with van der Waals surface area (Å²) in [7, 11) is 5.27. The standard InChI is InChI=1S/C6H18OP4/c7-10-3-6-11(4-1-8)5-2-9/h1-6,8-10H2. The van der Waals surface area contributed by atoms with Gasteiger partial charge in [0.25, 0.3) is 0 Å². The van der Waals surface area contributed by atoms with Crippen molar-refractivity contribution in [3.63, 3.8) is 0 Å². The van der Waals surface area contributed by atoms with Crippen LogP contribution in [0.1, 0.15) is 0 Å². The smallest absolute Gasteiger partial charge is 0.0532 e. The van der Waals surface area contributed by atoms with E-state index >= 15 is 0 Å². The summed E-state index contributed by atoms with van der Waals surface area (Å²) in [6.45, 7) is 0. The molecule has 0 N–H and O–H groups in total. The molecule has 0 amide bonds. The van der Waals surface area contributed by atoms with Gasteiger partial charge in [-0.2, -0.15) is 0 Å². The van der Waals surface area contributed by atoms with Crippen molar-refractivity contribution in [2.75, 3.05) is 37.0 Å². The number of hydrogen-bond acceptors (Lipinski definition) is 1. The molecule has 0 aliphatic rings. The van der Waals surface area contributed by atoms with Crippen molar-refractivity contribution in [1.29, 1.82) is 0 Å². The van der Waals surface area contributed by atoms with Gasteiger partial charge in [-0.3, -0.25) is 0 Å². The monoisotopic (exact) mass is 230 g/mol. The Bertz CT molecular complexity index is 75.0. The second kappa shape index (κ2) is 9.77. The predicted octanol–water partition coefficient (Wildman–Crippen LogP) is 0.905. The fourth-order valence-corrected chi connectivity index (χ4v) is 6.41. The van der Waals surface area contributed by atoms with Gasteiger partial charge < -0.3 is 4.89 Å². The van der Waals surface area contributed by atoms with Crippen molar-refractivity contribution < 1.29 is 4.89 Å². The molecular formula is C6H18OP4. The Hall–Kier alpha value is 1.68. The summed E-state index contributed by atoms with van der Waals surface area (Å²) in [6.07, 6.45) is 7.31. The van der Waals surface area contributed by atoms with Crippen molar-refractivity contribution in [2.24, 2.45) is 0 Å². The second-order valence-corrected chi connectivity index (χ2v) is 7.12. The fourth-order valence-electron chi connectivity index (χ4n) is 0.936. The van der Waals surface area contributed by atoms with Gasteiger partial charge in [-0.15, -0.1) is 26.4 Å². The van der Waals surface area contributed by atoms with Crippen molar-refractivity contribution in [3.8, 4) is 0 Å². The van der Waals surface area contributed by atoms with E-state index in [4.69, 9.17) is 0 Å². The van der Waals surface area contributed by atoms with Gasteiger partial charge in [0.15, 0.2) is 0 Å². The van der Waals surface area contributed by atoms with Crippen LogP contribution >= 0.6 is 35.2 Å². The van der Waals surface area contributed by atoms with Crippen LogP contribution in [0.15, 0.2) is 0 Å². The Kier molecular flexibility index (Phi) is 11.3. The molecule has 0 saturated carbocycles. The Morgan fingerprint density at radius 1 is 1.09 bits per heavy atom. The van der Waals surface area contributed by atoms with Gasteiger partial charge in [0.2, 0.25) is 0 Å². The third-order valence-corrected chi connectivity index (χ3v) is 6.69. The van der Waals surface area contributed by atoms with E-state index in [1.807, 2.05) is 0 Å². The first-order chi connectivity index (χ1) is 5.35. The Morgan fingerprint density at radius 2 is 1.64 bits per heavy atom. The molecule has 1 nitrogen and oxygen atoms in total. The molecule has 0 radical (unpaired) electrons. The van der Waals surface area contributed by atoms with E-state index in [0.717, 1.165) is 6.16 Å². The van der Waals surface area contributed by atoms with Crippen LogP contribution in [0.4, 0.5) is 0 Å². The van der Waals surface area contributed by atoms with Crippen molar-refractivity contribution in [3.05, 3.63) is 0 Å². The molecule has 68 valence electrons. The van der Waals surface area contributed by atoms with E-state index in [0.29, 0.717) is 0 Å². The fraction of sp³-hybridized carbons (Fsp3) is 1.00. The van der Waals surface area contributed by atoms with Gasteiger partial charge in [-0.05, 0) is 24.6 Å². The molecule has 0 heterocycles. The molecule has 3 atom stereocenters. The molecule has 0 aliphatic carbocycles. The van der Waals surface area contributed by atoms with Gasteiger partial charge in [0.05, 0.1) is 6.16 Å². The summed E-state index contributed by atoms with van der Waals surface area (Å²) in [6, 6.07) is 0. The van der Waals surface area contributed by atoms with Crippen LogP contribution in [0.2, 0.25) is 0 Å². The molecular weight excluding hydrogens is 212 g/mol. The zero-order chi connectivity index (χ0) is 8.53.